The highest BCUT2D eigenvalue weighted by atomic mass is 16.5. The monoisotopic (exact) mass is 338 g/mol. The second-order valence-corrected chi connectivity index (χ2v) is 6.52. The highest BCUT2D eigenvalue weighted by Crippen LogP contribution is 2.35. The van der Waals surface area contributed by atoms with Crippen LogP contribution < -0.4 is 4.74 Å². The highest BCUT2D eigenvalue weighted by Gasteiger charge is 2.31. The SMILES string of the molecule is COc1ccccc1[C@H]1Cn2c(C)cnc2CN1Cc1cc(C)on1. The van der Waals surface area contributed by atoms with E-state index in [0.29, 0.717) is 6.54 Å². The molecule has 2 aromatic heterocycles. The van der Waals surface area contributed by atoms with Crippen LogP contribution in [0.3, 0.4) is 0 Å². The molecule has 130 valence electrons. The molecule has 0 radical (unpaired) electrons. The first-order valence-corrected chi connectivity index (χ1v) is 8.46. The number of aromatic nitrogens is 3. The average Bonchev–Trinajstić information content (AvgIpc) is 3.20. The summed E-state index contributed by atoms with van der Waals surface area (Å²) in [6.45, 7) is 6.35. The van der Waals surface area contributed by atoms with Gasteiger partial charge in [-0.3, -0.25) is 4.90 Å². The molecular weight excluding hydrogens is 316 g/mol. The number of aryl methyl sites for hydroxylation is 2. The van der Waals surface area contributed by atoms with E-state index in [-0.39, 0.29) is 6.04 Å². The van der Waals surface area contributed by atoms with Crippen molar-refractivity contribution in [2.24, 2.45) is 0 Å². The quantitative estimate of drug-likeness (QED) is 0.731. The third-order valence-corrected chi connectivity index (χ3v) is 4.82. The van der Waals surface area contributed by atoms with Crippen LogP contribution >= 0.6 is 0 Å². The van der Waals surface area contributed by atoms with Gasteiger partial charge in [0.15, 0.2) is 0 Å². The minimum absolute atomic E-state index is 0.188. The van der Waals surface area contributed by atoms with E-state index in [1.54, 1.807) is 7.11 Å². The summed E-state index contributed by atoms with van der Waals surface area (Å²) >= 11 is 0. The van der Waals surface area contributed by atoms with E-state index in [1.807, 2.05) is 31.3 Å². The topological polar surface area (TPSA) is 56.3 Å². The molecule has 6 nitrogen and oxygen atoms in total. The van der Waals surface area contributed by atoms with Crippen molar-refractivity contribution in [2.45, 2.75) is 39.5 Å². The molecule has 0 unspecified atom stereocenters. The summed E-state index contributed by atoms with van der Waals surface area (Å²) in [5.74, 6) is 2.83. The number of imidazole rings is 1. The first-order valence-electron chi connectivity index (χ1n) is 8.46. The number of fused-ring (bicyclic) bond motifs is 1. The Kier molecular flexibility index (Phi) is 4.05. The lowest BCUT2D eigenvalue weighted by Crippen LogP contribution is -2.37. The number of hydrogen-bond donors (Lipinski definition) is 0. The Morgan fingerprint density at radius 1 is 1.28 bits per heavy atom. The Hall–Kier alpha value is -2.60. The number of methoxy groups -OCH3 is 1. The van der Waals surface area contributed by atoms with Gasteiger partial charge in [-0.25, -0.2) is 4.98 Å². The van der Waals surface area contributed by atoms with Gasteiger partial charge >= 0.3 is 0 Å². The van der Waals surface area contributed by atoms with E-state index < -0.39 is 0 Å². The van der Waals surface area contributed by atoms with Crippen molar-refractivity contribution < 1.29 is 9.26 Å². The van der Waals surface area contributed by atoms with Crippen LogP contribution in [0.2, 0.25) is 0 Å². The van der Waals surface area contributed by atoms with Crippen molar-refractivity contribution in [2.75, 3.05) is 7.11 Å². The molecule has 1 aliphatic rings. The first kappa shape index (κ1) is 15.9. The van der Waals surface area contributed by atoms with Crippen LogP contribution in [0.15, 0.2) is 41.1 Å². The van der Waals surface area contributed by atoms with Crippen LogP contribution in [-0.2, 0) is 19.6 Å². The second kappa shape index (κ2) is 6.37. The summed E-state index contributed by atoms with van der Waals surface area (Å²) in [5.41, 5.74) is 3.31. The van der Waals surface area contributed by atoms with E-state index in [1.165, 1.54) is 11.3 Å². The Bertz CT molecular complexity index is 883. The largest absolute Gasteiger partial charge is 0.496 e. The fourth-order valence-electron chi connectivity index (χ4n) is 3.57. The van der Waals surface area contributed by atoms with Gasteiger partial charge in [0.2, 0.25) is 0 Å². The van der Waals surface area contributed by atoms with Crippen LogP contribution in [0, 0.1) is 13.8 Å². The Labute approximate surface area is 147 Å². The van der Waals surface area contributed by atoms with Crippen LogP contribution in [0.4, 0.5) is 0 Å². The third kappa shape index (κ3) is 2.93. The zero-order chi connectivity index (χ0) is 17.4. The molecule has 0 amide bonds. The van der Waals surface area contributed by atoms with Crippen molar-refractivity contribution in [3.8, 4) is 5.75 Å². The second-order valence-electron chi connectivity index (χ2n) is 6.52. The number of ether oxygens (including phenoxy) is 1. The summed E-state index contributed by atoms with van der Waals surface area (Å²) in [5, 5.41) is 4.17. The molecule has 3 aromatic rings. The lowest BCUT2D eigenvalue weighted by atomic mass is 10.0. The van der Waals surface area contributed by atoms with Gasteiger partial charge in [-0.15, -0.1) is 0 Å². The Morgan fingerprint density at radius 2 is 2.12 bits per heavy atom. The minimum Gasteiger partial charge on any atom is -0.496 e. The summed E-state index contributed by atoms with van der Waals surface area (Å²) in [6, 6.07) is 10.4. The van der Waals surface area contributed by atoms with Gasteiger partial charge in [0, 0.05) is 36.6 Å². The Balaban J connectivity index is 1.73. The lowest BCUT2D eigenvalue weighted by Gasteiger charge is -2.37. The van der Waals surface area contributed by atoms with E-state index >= 15 is 0 Å². The first-order chi connectivity index (χ1) is 12.2. The highest BCUT2D eigenvalue weighted by molar-refractivity contribution is 5.36. The van der Waals surface area contributed by atoms with Crippen molar-refractivity contribution in [1.29, 1.82) is 0 Å². The van der Waals surface area contributed by atoms with Crippen molar-refractivity contribution in [3.05, 3.63) is 65.1 Å². The molecule has 3 heterocycles. The normalized spacial score (nSPS) is 17.5. The summed E-state index contributed by atoms with van der Waals surface area (Å²) in [4.78, 5) is 6.96. The molecule has 0 fully saturated rings. The zero-order valence-electron chi connectivity index (χ0n) is 14.8. The maximum absolute atomic E-state index is 5.62. The molecule has 0 spiro atoms. The van der Waals surface area contributed by atoms with Gasteiger partial charge in [0.25, 0.3) is 0 Å². The third-order valence-electron chi connectivity index (χ3n) is 4.82. The van der Waals surface area contributed by atoms with E-state index in [2.05, 4.69) is 38.7 Å². The predicted octanol–water partition coefficient (Wildman–Crippen LogP) is 3.25. The molecule has 4 rings (SSSR count). The predicted molar refractivity (Wildman–Crippen MR) is 93.2 cm³/mol. The van der Waals surface area contributed by atoms with Crippen molar-refractivity contribution >= 4 is 0 Å². The minimum atomic E-state index is 0.188. The fourth-order valence-corrected chi connectivity index (χ4v) is 3.57. The molecule has 1 aromatic carbocycles. The van der Waals surface area contributed by atoms with Crippen molar-refractivity contribution in [1.82, 2.24) is 19.6 Å². The van der Waals surface area contributed by atoms with Crippen LogP contribution in [0.5, 0.6) is 5.75 Å². The molecule has 25 heavy (non-hydrogen) atoms. The van der Waals surface area contributed by atoms with Crippen LogP contribution in [0.25, 0.3) is 0 Å². The molecular formula is C19H22N4O2. The number of nitrogens with zero attached hydrogens (tertiary/aromatic N) is 4. The van der Waals surface area contributed by atoms with E-state index in [4.69, 9.17) is 9.26 Å². The molecule has 0 N–H and O–H groups in total. The molecule has 0 saturated carbocycles. The Morgan fingerprint density at radius 3 is 2.88 bits per heavy atom. The molecule has 0 saturated heterocycles. The zero-order valence-corrected chi connectivity index (χ0v) is 14.8. The van der Waals surface area contributed by atoms with Gasteiger partial charge in [0.1, 0.15) is 17.3 Å². The molecule has 0 aliphatic carbocycles. The van der Waals surface area contributed by atoms with Crippen LogP contribution in [0.1, 0.15) is 34.6 Å². The summed E-state index contributed by atoms with van der Waals surface area (Å²) < 4.78 is 13.2. The van der Waals surface area contributed by atoms with Gasteiger partial charge in [0.05, 0.1) is 25.4 Å². The smallest absolute Gasteiger partial charge is 0.133 e. The van der Waals surface area contributed by atoms with E-state index in [0.717, 1.165) is 36.1 Å². The van der Waals surface area contributed by atoms with Gasteiger partial charge in [-0.1, -0.05) is 23.4 Å². The summed E-state index contributed by atoms with van der Waals surface area (Å²) in [6.07, 6.45) is 1.94. The molecule has 0 bridgehead atoms. The molecule has 1 aliphatic heterocycles. The number of benzene rings is 1. The molecule has 6 heteroatoms. The maximum atomic E-state index is 5.62. The van der Waals surface area contributed by atoms with Gasteiger partial charge < -0.3 is 13.8 Å². The molecule has 1 atom stereocenters. The van der Waals surface area contributed by atoms with Crippen molar-refractivity contribution in [3.63, 3.8) is 0 Å². The van der Waals surface area contributed by atoms with Gasteiger partial charge in [-0.05, 0) is 19.9 Å². The standard InChI is InChI=1S/C19H22N4O2/c1-13-9-20-19-12-22(10-15-8-14(2)25-21-15)17(11-23(13)19)16-6-4-5-7-18(16)24-3/h4-9,17H,10-12H2,1-3H3/t17-/m1/s1. The number of para-hydroxylation sites is 1. The van der Waals surface area contributed by atoms with Gasteiger partial charge in [-0.2, -0.15) is 0 Å². The lowest BCUT2D eigenvalue weighted by molar-refractivity contribution is 0.122. The van der Waals surface area contributed by atoms with Crippen LogP contribution in [-0.4, -0.2) is 26.7 Å². The number of rotatable bonds is 4. The maximum Gasteiger partial charge on any atom is 0.133 e. The average molecular weight is 338 g/mol. The fraction of sp³-hybridized carbons (Fsp3) is 0.368. The summed E-state index contributed by atoms with van der Waals surface area (Å²) in [7, 11) is 1.72. The van der Waals surface area contributed by atoms with E-state index in [9.17, 15) is 0 Å². The number of hydrogen-bond acceptors (Lipinski definition) is 5.